The van der Waals surface area contributed by atoms with Gasteiger partial charge < -0.3 is 15.0 Å². The van der Waals surface area contributed by atoms with Crippen LogP contribution in [0.3, 0.4) is 0 Å². The second kappa shape index (κ2) is 10.3. The Morgan fingerprint density at radius 2 is 1.40 bits per heavy atom. The van der Waals surface area contributed by atoms with Gasteiger partial charge in [-0.25, -0.2) is 0 Å². The fourth-order valence-electron chi connectivity index (χ4n) is 4.40. The molecule has 0 unspecified atom stereocenters. The number of nitrogens with zero attached hydrogens (tertiary/aromatic N) is 1. The molecule has 2 N–H and O–H groups in total. The van der Waals surface area contributed by atoms with E-state index in [0.29, 0.717) is 12.8 Å². The van der Waals surface area contributed by atoms with Crippen LogP contribution in [0, 0.1) is 0 Å². The number of hydrogen-bond donors (Lipinski definition) is 1. The molecule has 0 fully saturated rings. The third-order valence-electron chi connectivity index (χ3n) is 6.23. The number of carbonyl (C=O) groups excluding carboxylic acids is 1. The van der Waals surface area contributed by atoms with Gasteiger partial charge in [0.2, 0.25) is 5.91 Å². The predicted octanol–water partition coefficient (Wildman–Crippen LogP) is 6.63. The van der Waals surface area contributed by atoms with Gasteiger partial charge in [0.15, 0.2) is 0 Å². The molecule has 1 heterocycles. The van der Waals surface area contributed by atoms with E-state index in [9.17, 15) is 4.79 Å². The highest BCUT2D eigenvalue weighted by atomic mass is 16.5. The minimum atomic E-state index is -0.273. The molecule has 0 saturated carbocycles. The molecular formula is C31H28N2O2. The van der Waals surface area contributed by atoms with Crippen molar-refractivity contribution in [2.75, 3.05) is 0 Å². The highest BCUT2D eigenvalue weighted by Gasteiger charge is 2.12. The van der Waals surface area contributed by atoms with E-state index in [2.05, 4.69) is 65.4 Å². The van der Waals surface area contributed by atoms with Crippen molar-refractivity contribution in [3.63, 3.8) is 0 Å². The smallest absolute Gasteiger partial charge is 0.217 e. The van der Waals surface area contributed by atoms with Gasteiger partial charge in [-0.3, -0.25) is 4.79 Å². The summed E-state index contributed by atoms with van der Waals surface area (Å²) < 4.78 is 8.20. The van der Waals surface area contributed by atoms with Crippen molar-refractivity contribution >= 4 is 16.8 Å². The number of ether oxygens (including phenoxy) is 1. The molecule has 0 aliphatic rings. The summed E-state index contributed by atoms with van der Waals surface area (Å²) in [6.45, 7) is 0. The highest BCUT2D eigenvalue weighted by molar-refractivity contribution is 5.86. The van der Waals surface area contributed by atoms with Gasteiger partial charge in [0.1, 0.15) is 11.5 Å². The fourth-order valence-corrected chi connectivity index (χ4v) is 4.40. The van der Waals surface area contributed by atoms with E-state index >= 15 is 0 Å². The van der Waals surface area contributed by atoms with Crippen LogP contribution in [0.15, 0.2) is 109 Å². The lowest BCUT2D eigenvalue weighted by molar-refractivity contribution is -0.117. The monoisotopic (exact) mass is 460 g/mol. The van der Waals surface area contributed by atoms with E-state index in [0.717, 1.165) is 41.1 Å². The number of rotatable bonds is 9. The van der Waals surface area contributed by atoms with Crippen molar-refractivity contribution in [2.45, 2.75) is 25.7 Å². The molecule has 0 aliphatic carbocycles. The molecule has 1 amide bonds. The third-order valence-corrected chi connectivity index (χ3v) is 6.23. The third kappa shape index (κ3) is 5.44. The van der Waals surface area contributed by atoms with Crippen LogP contribution in [0.25, 0.3) is 16.6 Å². The van der Waals surface area contributed by atoms with Crippen molar-refractivity contribution < 1.29 is 9.53 Å². The number of nitrogens with two attached hydrogens (primary N) is 1. The normalized spacial score (nSPS) is 11.0. The number of benzene rings is 4. The molecule has 0 radical (unpaired) electrons. The Labute approximate surface area is 205 Å². The van der Waals surface area contributed by atoms with Crippen molar-refractivity contribution in [3.05, 3.63) is 126 Å². The number of aryl methyl sites for hydroxylation is 3. The Morgan fingerprint density at radius 3 is 2.11 bits per heavy atom. The van der Waals surface area contributed by atoms with E-state index in [1.165, 1.54) is 16.5 Å². The van der Waals surface area contributed by atoms with Crippen LogP contribution < -0.4 is 10.5 Å². The van der Waals surface area contributed by atoms with Crippen LogP contribution in [0.1, 0.15) is 23.1 Å². The Hall–Kier alpha value is -4.31. The van der Waals surface area contributed by atoms with Gasteiger partial charge in [0, 0.05) is 23.7 Å². The van der Waals surface area contributed by atoms with Gasteiger partial charge in [0.05, 0.1) is 5.52 Å². The van der Waals surface area contributed by atoms with Crippen molar-refractivity contribution in [2.24, 2.45) is 5.73 Å². The van der Waals surface area contributed by atoms with Gasteiger partial charge in [-0.1, -0.05) is 54.6 Å². The van der Waals surface area contributed by atoms with Crippen LogP contribution >= 0.6 is 0 Å². The maximum atomic E-state index is 11.3. The summed E-state index contributed by atoms with van der Waals surface area (Å²) in [7, 11) is 0. The molecule has 0 saturated heterocycles. The number of para-hydroxylation sites is 1. The van der Waals surface area contributed by atoms with E-state index in [1.807, 2.05) is 48.5 Å². The number of fused-ring (bicyclic) bond motifs is 1. The largest absolute Gasteiger partial charge is 0.457 e. The molecule has 0 atom stereocenters. The van der Waals surface area contributed by atoms with Crippen molar-refractivity contribution in [1.29, 1.82) is 0 Å². The SMILES string of the molecule is NC(=O)CCc1ccc2c(c1)c(CCc1ccccc1)cn2-c1ccc(Oc2ccccc2)cc1. The number of hydrogen-bond acceptors (Lipinski definition) is 2. The van der Waals surface area contributed by atoms with Crippen LogP contribution in [0.4, 0.5) is 0 Å². The van der Waals surface area contributed by atoms with E-state index in [-0.39, 0.29) is 5.91 Å². The van der Waals surface area contributed by atoms with Crippen molar-refractivity contribution in [1.82, 2.24) is 4.57 Å². The van der Waals surface area contributed by atoms with Crippen LogP contribution in [0.2, 0.25) is 0 Å². The first-order chi connectivity index (χ1) is 17.2. The molecule has 1 aromatic heterocycles. The van der Waals surface area contributed by atoms with Crippen LogP contribution in [-0.4, -0.2) is 10.5 Å². The first kappa shape index (κ1) is 22.5. The zero-order chi connectivity index (χ0) is 24.0. The topological polar surface area (TPSA) is 57.2 Å². The molecule has 5 rings (SSSR count). The Bertz CT molecular complexity index is 1420. The molecule has 35 heavy (non-hydrogen) atoms. The molecule has 174 valence electrons. The lowest BCUT2D eigenvalue weighted by Crippen LogP contribution is -2.11. The lowest BCUT2D eigenvalue weighted by atomic mass is 10.0. The lowest BCUT2D eigenvalue weighted by Gasteiger charge is -2.09. The summed E-state index contributed by atoms with van der Waals surface area (Å²) in [5.41, 5.74) is 11.3. The molecule has 0 spiro atoms. The minimum Gasteiger partial charge on any atom is -0.457 e. The van der Waals surface area contributed by atoms with Crippen molar-refractivity contribution in [3.8, 4) is 17.2 Å². The zero-order valence-electron chi connectivity index (χ0n) is 19.6. The summed E-state index contributed by atoms with van der Waals surface area (Å²) in [6.07, 6.45) is 5.14. The molecule has 5 aromatic rings. The van der Waals surface area contributed by atoms with Gasteiger partial charge in [-0.15, -0.1) is 0 Å². The average Bonchev–Trinajstić information content (AvgIpc) is 3.26. The molecule has 4 aromatic carbocycles. The summed E-state index contributed by atoms with van der Waals surface area (Å²) in [6, 6.07) is 35.0. The quantitative estimate of drug-likeness (QED) is 0.268. The van der Waals surface area contributed by atoms with Gasteiger partial charge in [0.25, 0.3) is 0 Å². The first-order valence-corrected chi connectivity index (χ1v) is 11.9. The molecule has 0 bridgehead atoms. The van der Waals surface area contributed by atoms with Gasteiger partial charge in [-0.2, -0.15) is 0 Å². The summed E-state index contributed by atoms with van der Waals surface area (Å²) in [4.78, 5) is 11.3. The number of amides is 1. The summed E-state index contributed by atoms with van der Waals surface area (Å²) in [5.74, 6) is 1.34. The second-order valence-electron chi connectivity index (χ2n) is 8.74. The number of primary amides is 1. The summed E-state index contributed by atoms with van der Waals surface area (Å²) >= 11 is 0. The highest BCUT2D eigenvalue weighted by Crippen LogP contribution is 2.29. The van der Waals surface area contributed by atoms with E-state index in [1.54, 1.807) is 0 Å². The Balaban J connectivity index is 1.46. The molecule has 0 aliphatic heterocycles. The number of carbonyl (C=O) groups is 1. The maximum absolute atomic E-state index is 11.3. The molecular weight excluding hydrogens is 432 g/mol. The Kier molecular flexibility index (Phi) is 6.62. The zero-order valence-corrected chi connectivity index (χ0v) is 19.6. The van der Waals surface area contributed by atoms with Crippen LogP contribution in [-0.2, 0) is 24.1 Å². The minimum absolute atomic E-state index is 0.273. The standard InChI is InChI=1S/C31H28N2O2/c32-31(34)20-13-24-12-19-30-29(21-24)25(14-11-23-7-3-1-4-8-23)22-33(30)26-15-17-28(18-16-26)35-27-9-5-2-6-10-27/h1-10,12,15-19,21-22H,11,13-14,20H2,(H2,32,34). The molecule has 4 heteroatoms. The van der Waals surface area contributed by atoms with E-state index in [4.69, 9.17) is 10.5 Å². The summed E-state index contributed by atoms with van der Waals surface area (Å²) in [5, 5.41) is 1.22. The van der Waals surface area contributed by atoms with Gasteiger partial charge in [-0.05, 0) is 84.5 Å². The van der Waals surface area contributed by atoms with Crippen LogP contribution in [0.5, 0.6) is 11.5 Å². The Morgan fingerprint density at radius 1 is 0.714 bits per heavy atom. The maximum Gasteiger partial charge on any atom is 0.217 e. The molecule has 4 nitrogen and oxygen atoms in total. The second-order valence-corrected chi connectivity index (χ2v) is 8.74. The van der Waals surface area contributed by atoms with Gasteiger partial charge >= 0.3 is 0 Å². The average molecular weight is 461 g/mol. The first-order valence-electron chi connectivity index (χ1n) is 11.9. The predicted molar refractivity (Wildman–Crippen MR) is 141 cm³/mol. The number of aromatic nitrogens is 1. The van der Waals surface area contributed by atoms with E-state index < -0.39 is 0 Å². The fraction of sp³-hybridized carbons (Fsp3) is 0.129.